The molecule has 0 saturated heterocycles. The molecule has 0 aromatic heterocycles. The van der Waals surface area contributed by atoms with E-state index in [1.165, 1.54) is 13.8 Å². The highest BCUT2D eigenvalue weighted by molar-refractivity contribution is 6.32. The first kappa shape index (κ1) is 33.8. The zero-order chi connectivity index (χ0) is 33.8. The van der Waals surface area contributed by atoms with Crippen LogP contribution in [0.3, 0.4) is 0 Å². The van der Waals surface area contributed by atoms with Crippen molar-refractivity contribution in [3.63, 3.8) is 0 Å². The van der Waals surface area contributed by atoms with Crippen molar-refractivity contribution < 1.29 is 38.8 Å². The van der Waals surface area contributed by atoms with Gasteiger partial charge in [-0.3, -0.25) is 0 Å². The van der Waals surface area contributed by atoms with Crippen LogP contribution in [-0.4, -0.2) is 37.2 Å². The van der Waals surface area contributed by atoms with Gasteiger partial charge < -0.3 is 15.4 Å². The standard InChI is InChI=1S/C31H23Cl2NO6.C3H5NO2/c1-16(2)28(35)38-31(15-34-30(37)40-39-29(36)17(3)4)24-11-5-18-13-20(32)7-9-22(18)26(24)27-23-10-8-21(33)14-19(23)6-12-25(27)31;1-2-4-3(5)6/h5-14H,1,3,15H2,2,4H3,(H,34,37);4H,1-2H2. The zero-order valence-electron chi connectivity index (χ0n) is 24.8. The molecule has 1 aliphatic rings. The lowest BCUT2D eigenvalue weighted by atomic mass is 9.89. The molecule has 10 nitrogen and oxygen atoms in total. The summed E-state index contributed by atoms with van der Waals surface area (Å²) in [7, 11) is 0. The molecule has 2 N–H and O–H groups in total. The van der Waals surface area contributed by atoms with Crippen molar-refractivity contribution in [2.45, 2.75) is 19.4 Å². The number of carbonyl (C=O) groups excluding carboxylic acids is 4. The molecule has 0 aliphatic heterocycles. The van der Waals surface area contributed by atoms with Gasteiger partial charge in [0.1, 0.15) is 0 Å². The highest BCUT2D eigenvalue weighted by Crippen LogP contribution is 2.54. The Morgan fingerprint density at radius 3 is 1.65 bits per heavy atom. The van der Waals surface area contributed by atoms with Crippen molar-refractivity contribution in [1.82, 2.24) is 10.6 Å². The van der Waals surface area contributed by atoms with E-state index in [9.17, 15) is 24.3 Å². The Morgan fingerprint density at radius 2 is 1.24 bits per heavy atom. The molecule has 1 aliphatic carbocycles. The lowest BCUT2D eigenvalue weighted by molar-refractivity contribution is -0.227. The van der Waals surface area contributed by atoms with E-state index in [0.717, 1.165) is 32.7 Å². The fourth-order valence-electron chi connectivity index (χ4n) is 5.02. The molecule has 0 heterocycles. The van der Waals surface area contributed by atoms with Crippen molar-refractivity contribution in [1.29, 1.82) is 0 Å². The lowest BCUT2D eigenvalue weighted by Crippen LogP contribution is -2.44. The predicted octanol–water partition coefficient (Wildman–Crippen LogP) is 7.36. The summed E-state index contributed by atoms with van der Waals surface area (Å²) < 4.78 is 6.19. The molecule has 5 rings (SSSR count). The van der Waals surface area contributed by atoms with Gasteiger partial charge in [0, 0.05) is 38.9 Å². The largest absolute Gasteiger partial charge is 0.450 e. The van der Waals surface area contributed by atoms with Gasteiger partial charge in [0.15, 0.2) is 5.60 Å². The summed E-state index contributed by atoms with van der Waals surface area (Å²) in [5, 5.41) is 18.5. The zero-order valence-corrected chi connectivity index (χ0v) is 26.3. The Bertz CT molecular complexity index is 1830. The first-order valence-electron chi connectivity index (χ1n) is 13.7. The molecular weight excluding hydrogens is 635 g/mol. The summed E-state index contributed by atoms with van der Waals surface area (Å²) >= 11 is 12.6. The third kappa shape index (κ3) is 6.93. The second kappa shape index (κ2) is 13.9. The maximum atomic E-state index is 13.1. The fourth-order valence-corrected chi connectivity index (χ4v) is 5.38. The van der Waals surface area contributed by atoms with E-state index in [4.69, 9.17) is 27.9 Å². The molecular formula is C34H28Cl2N2O8. The Balaban J connectivity index is 0.000000731. The van der Waals surface area contributed by atoms with Crippen LogP contribution in [0.15, 0.2) is 85.0 Å². The summed E-state index contributed by atoms with van der Waals surface area (Å²) in [6.07, 6.45) is -2.33. The van der Waals surface area contributed by atoms with Gasteiger partial charge in [0.2, 0.25) is 0 Å². The summed E-state index contributed by atoms with van der Waals surface area (Å²) in [6, 6.07) is 18.5. The predicted molar refractivity (Wildman–Crippen MR) is 173 cm³/mol. The highest BCUT2D eigenvalue weighted by Gasteiger charge is 2.48. The summed E-state index contributed by atoms with van der Waals surface area (Å²) in [5.41, 5.74) is 1.64. The summed E-state index contributed by atoms with van der Waals surface area (Å²) in [6.45, 7) is 13.3. The second-order valence-electron chi connectivity index (χ2n) is 10.3. The van der Waals surface area contributed by atoms with E-state index in [2.05, 4.69) is 35.2 Å². The first-order chi connectivity index (χ1) is 21.8. The first-order valence-corrected chi connectivity index (χ1v) is 14.5. The molecule has 46 heavy (non-hydrogen) atoms. The minimum atomic E-state index is -1.49. The van der Waals surface area contributed by atoms with Gasteiger partial charge in [-0.1, -0.05) is 72.8 Å². The van der Waals surface area contributed by atoms with Crippen LogP contribution >= 0.6 is 23.2 Å². The van der Waals surface area contributed by atoms with E-state index >= 15 is 0 Å². The second-order valence-corrected chi connectivity index (χ2v) is 11.2. The molecule has 0 spiro atoms. The van der Waals surface area contributed by atoms with Gasteiger partial charge in [0.05, 0.1) is 6.54 Å². The van der Waals surface area contributed by atoms with E-state index in [1.54, 1.807) is 12.1 Å². The summed E-state index contributed by atoms with van der Waals surface area (Å²) in [5.74, 6) is -1.56. The maximum absolute atomic E-state index is 13.1. The van der Waals surface area contributed by atoms with Gasteiger partial charge in [-0.2, -0.15) is 0 Å². The number of esters is 1. The molecule has 0 atom stereocenters. The van der Waals surface area contributed by atoms with Crippen LogP contribution in [0.4, 0.5) is 9.59 Å². The van der Waals surface area contributed by atoms with Gasteiger partial charge in [-0.25, -0.2) is 34.1 Å². The monoisotopic (exact) mass is 662 g/mol. The van der Waals surface area contributed by atoms with Crippen molar-refractivity contribution in [3.05, 3.63) is 113 Å². The van der Waals surface area contributed by atoms with Gasteiger partial charge in [-0.15, -0.1) is 0 Å². The Hall–Kier alpha value is -5.06. The van der Waals surface area contributed by atoms with E-state index in [1.807, 2.05) is 53.8 Å². The van der Waals surface area contributed by atoms with Crippen LogP contribution in [0.2, 0.25) is 10.0 Å². The smallest absolute Gasteiger partial charge is 0.444 e. The Kier molecular flexibility index (Phi) is 10.2. The molecule has 2 radical (unpaired) electrons. The molecule has 0 fully saturated rings. The Labute approximate surface area is 274 Å². The average Bonchev–Trinajstić information content (AvgIpc) is 3.28. The normalized spacial score (nSPS) is 12.1. The number of benzene rings is 4. The highest BCUT2D eigenvalue weighted by atomic mass is 35.5. The third-order valence-electron chi connectivity index (χ3n) is 6.99. The molecule has 236 valence electrons. The molecule has 4 aromatic carbocycles. The van der Waals surface area contributed by atoms with Crippen LogP contribution in [0, 0.1) is 6.92 Å². The average molecular weight is 664 g/mol. The van der Waals surface area contributed by atoms with Gasteiger partial charge >= 0.3 is 24.1 Å². The molecule has 12 heteroatoms. The summed E-state index contributed by atoms with van der Waals surface area (Å²) in [4.78, 5) is 55.8. The molecule has 0 unspecified atom stereocenters. The van der Waals surface area contributed by atoms with Crippen molar-refractivity contribution >= 4 is 68.9 Å². The van der Waals surface area contributed by atoms with E-state index < -0.39 is 29.7 Å². The van der Waals surface area contributed by atoms with Crippen molar-refractivity contribution in [2.24, 2.45) is 0 Å². The minimum Gasteiger partial charge on any atom is -0.444 e. The number of rotatable bonds is 6. The molecule has 0 saturated carbocycles. The fraction of sp³-hybridized carbons (Fsp3) is 0.147. The molecule has 4 aromatic rings. The van der Waals surface area contributed by atoms with Gasteiger partial charge in [-0.05, 0) is 77.7 Å². The van der Waals surface area contributed by atoms with E-state index in [0.29, 0.717) is 21.2 Å². The number of halogens is 2. The number of amides is 2. The van der Waals surface area contributed by atoms with Crippen LogP contribution in [0.5, 0.6) is 0 Å². The van der Waals surface area contributed by atoms with Crippen molar-refractivity contribution in [2.75, 3.05) is 13.1 Å². The van der Waals surface area contributed by atoms with Crippen LogP contribution in [0.25, 0.3) is 32.7 Å². The molecule has 0 bridgehead atoms. The topological polar surface area (TPSA) is 140 Å². The third-order valence-corrected chi connectivity index (χ3v) is 7.46. The number of hydrogen-bond donors (Lipinski definition) is 2. The SMILES string of the molecule is C=C(C)C(=O)OOC(=O)NCC1(OC(=O)C(=C)C)c2ccc3cc(Cl)ccc3c2-c2c1ccc1cc(Cl)ccc21.[CH2]CNC([O])=O. The maximum Gasteiger partial charge on any atom is 0.450 e. The van der Waals surface area contributed by atoms with Gasteiger partial charge in [0.25, 0.3) is 0 Å². The number of ether oxygens (including phenoxy) is 1. The van der Waals surface area contributed by atoms with Crippen LogP contribution in [0.1, 0.15) is 25.0 Å². The quantitative estimate of drug-likeness (QED) is 0.0951. The van der Waals surface area contributed by atoms with E-state index in [-0.39, 0.29) is 24.2 Å². The number of nitrogens with one attached hydrogen (secondary N) is 2. The number of carbonyl (C=O) groups is 4. The van der Waals surface area contributed by atoms with Crippen LogP contribution in [-0.2, 0) is 34.8 Å². The molecule has 2 amide bonds. The Morgan fingerprint density at radius 1 is 0.739 bits per heavy atom. The minimum absolute atomic E-state index is 0.0530. The van der Waals surface area contributed by atoms with Crippen molar-refractivity contribution in [3.8, 4) is 11.1 Å². The number of hydrogen-bond acceptors (Lipinski definition) is 7. The lowest BCUT2D eigenvalue weighted by Gasteiger charge is -2.32. The van der Waals surface area contributed by atoms with Crippen LogP contribution < -0.4 is 10.6 Å². The number of fused-ring (bicyclic) bond motifs is 7.